The smallest absolute Gasteiger partial charge is 0.242 e. The second-order valence-electron chi connectivity index (χ2n) is 5.43. The minimum Gasteiger partial charge on any atom is -0.323 e. The number of hydrogen-bond donors (Lipinski definition) is 1. The van der Waals surface area contributed by atoms with Gasteiger partial charge < -0.3 is 5.32 Å². The van der Waals surface area contributed by atoms with Gasteiger partial charge in [-0.1, -0.05) is 24.3 Å². The summed E-state index contributed by atoms with van der Waals surface area (Å²) in [4.78, 5) is 20.9. The predicted octanol–water partition coefficient (Wildman–Crippen LogP) is 2.63. The quantitative estimate of drug-likeness (QED) is 0.795. The highest BCUT2D eigenvalue weighted by Gasteiger charge is 2.26. The van der Waals surface area contributed by atoms with E-state index in [9.17, 15) is 4.79 Å². The lowest BCUT2D eigenvalue weighted by molar-refractivity contribution is -0.115. The second-order valence-corrected chi connectivity index (χ2v) is 6.65. The Hall–Kier alpha value is -2.67. The lowest BCUT2D eigenvalue weighted by Gasteiger charge is -2.24. The molecule has 0 unspecified atom stereocenters. The van der Waals surface area contributed by atoms with Gasteiger partial charge in [0.05, 0.1) is 11.9 Å². The molecule has 120 valence electrons. The first-order valence-electron chi connectivity index (χ1n) is 7.62. The molecule has 1 amide bonds. The molecule has 0 saturated carbocycles. The highest BCUT2D eigenvalue weighted by atomic mass is 32.2. The monoisotopic (exact) mass is 337 g/mol. The molecular weight excluding hydrogens is 322 g/mol. The molecule has 0 saturated heterocycles. The van der Waals surface area contributed by atoms with Gasteiger partial charge in [-0.3, -0.25) is 4.79 Å². The van der Waals surface area contributed by atoms with Gasteiger partial charge in [0.2, 0.25) is 5.91 Å². The molecule has 24 heavy (non-hydrogen) atoms. The topological polar surface area (TPSA) is 72.7 Å². The van der Waals surface area contributed by atoms with Gasteiger partial charge in [0.1, 0.15) is 17.9 Å². The Morgan fingerprint density at radius 2 is 2.17 bits per heavy atom. The number of carbonyl (C=O) groups excluding carboxylic acids is 1. The Balaban J connectivity index is 1.51. The van der Waals surface area contributed by atoms with Gasteiger partial charge in [-0.05, 0) is 35.4 Å². The van der Waals surface area contributed by atoms with Crippen molar-refractivity contribution in [2.24, 2.45) is 0 Å². The molecule has 1 aliphatic rings. The molecular formula is C17H15N5OS. The third kappa shape index (κ3) is 2.90. The normalized spacial score (nSPS) is 16.4. The molecule has 3 aromatic rings. The molecule has 2 aromatic heterocycles. The summed E-state index contributed by atoms with van der Waals surface area (Å²) in [5.41, 5.74) is 3.04. The van der Waals surface area contributed by atoms with Crippen LogP contribution >= 0.6 is 11.8 Å². The van der Waals surface area contributed by atoms with Crippen molar-refractivity contribution in [3.8, 4) is 5.82 Å². The molecule has 1 atom stereocenters. The first kappa shape index (κ1) is 14.9. The van der Waals surface area contributed by atoms with Crippen molar-refractivity contribution < 1.29 is 4.79 Å². The summed E-state index contributed by atoms with van der Waals surface area (Å²) in [5, 5.41) is 6.81. The van der Waals surface area contributed by atoms with Crippen LogP contribution in [0.4, 0.5) is 5.69 Å². The summed E-state index contributed by atoms with van der Waals surface area (Å²) in [6, 6.07) is 11.8. The Bertz CT molecular complexity index is 848. The zero-order chi connectivity index (χ0) is 16.4. The van der Waals surface area contributed by atoms with Crippen molar-refractivity contribution in [2.45, 2.75) is 11.7 Å². The Morgan fingerprint density at radius 3 is 2.96 bits per heavy atom. The number of fused-ring (bicyclic) bond motifs is 1. The molecule has 0 spiro atoms. The average molecular weight is 337 g/mol. The standard InChI is InChI=1S/C17H15N5OS/c23-17(16-14-4-2-1-3-12(14)7-8-24-16)21-13-5-6-15(19-9-13)22-11-18-10-20-22/h1-6,9-11,16H,7-8H2,(H,21,23)/t16-/m0/s1. The van der Waals surface area contributed by atoms with E-state index in [1.807, 2.05) is 24.3 Å². The van der Waals surface area contributed by atoms with Crippen LogP contribution in [-0.2, 0) is 11.2 Å². The number of rotatable bonds is 3. The maximum absolute atomic E-state index is 12.7. The van der Waals surface area contributed by atoms with Crippen molar-refractivity contribution in [2.75, 3.05) is 11.1 Å². The number of nitrogens with one attached hydrogen (secondary N) is 1. The Labute approximate surface area is 143 Å². The summed E-state index contributed by atoms with van der Waals surface area (Å²) in [6.45, 7) is 0. The average Bonchev–Trinajstić information content (AvgIpc) is 3.16. The number of carbonyl (C=O) groups is 1. The molecule has 7 heteroatoms. The molecule has 0 aliphatic carbocycles. The molecule has 1 aromatic carbocycles. The van der Waals surface area contributed by atoms with Crippen LogP contribution in [-0.4, -0.2) is 31.4 Å². The lowest BCUT2D eigenvalue weighted by atomic mass is 10.0. The van der Waals surface area contributed by atoms with E-state index in [0.717, 1.165) is 17.7 Å². The van der Waals surface area contributed by atoms with Crippen LogP contribution in [0.15, 0.2) is 55.2 Å². The maximum Gasteiger partial charge on any atom is 0.242 e. The van der Waals surface area contributed by atoms with Gasteiger partial charge in [-0.15, -0.1) is 11.8 Å². The van der Waals surface area contributed by atoms with E-state index in [2.05, 4.69) is 26.4 Å². The predicted molar refractivity (Wildman–Crippen MR) is 93.1 cm³/mol. The summed E-state index contributed by atoms with van der Waals surface area (Å²) in [5.74, 6) is 1.60. The van der Waals surface area contributed by atoms with E-state index in [4.69, 9.17) is 0 Å². The fourth-order valence-corrected chi connectivity index (χ4v) is 3.93. The zero-order valence-corrected chi connectivity index (χ0v) is 13.6. The number of thioether (sulfide) groups is 1. The zero-order valence-electron chi connectivity index (χ0n) is 12.8. The maximum atomic E-state index is 12.7. The third-order valence-corrected chi connectivity index (χ3v) is 5.14. The summed E-state index contributed by atoms with van der Waals surface area (Å²) >= 11 is 1.68. The first-order valence-corrected chi connectivity index (χ1v) is 8.67. The number of anilines is 1. The SMILES string of the molecule is O=C(Nc1ccc(-n2cncn2)nc1)[C@H]1SCCc2ccccc21. The van der Waals surface area contributed by atoms with E-state index in [0.29, 0.717) is 11.5 Å². The first-order chi connectivity index (χ1) is 11.8. The van der Waals surface area contributed by atoms with Crippen molar-refractivity contribution in [1.82, 2.24) is 19.7 Å². The van der Waals surface area contributed by atoms with Crippen molar-refractivity contribution in [3.05, 3.63) is 66.4 Å². The van der Waals surface area contributed by atoms with E-state index < -0.39 is 0 Å². The van der Waals surface area contributed by atoms with Gasteiger partial charge in [0.25, 0.3) is 0 Å². The van der Waals surface area contributed by atoms with Gasteiger partial charge in [0, 0.05) is 0 Å². The number of aromatic nitrogens is 4. The number of nitrogens with zero attached hydrogens (tertiary/aromatic N) is 4. The minimum absolute atomic E-state index is 0.0116. The Morgan fingerprint density at radius 1 is 1.25 bits per heavy atom. The molecule has 0 radical (unpaired) electrons. The minimum atomic E-state index is -0.176. The van der Waals surface area contributed by atoms with E-state index in [1.165, 1.54) is 11.9 Å². The molecule has 4 rings (SSSR count). The van der Waals surface area contributed by atoms with Crippen LogP contribution in [0.25, 0.3) is 5.82 Å². The number of aryl methyl sites for hydroxylation is 1. The molecule has 1 N–H and O–H groups in total. The molecule has 0 bridgehead atoms. The van der Waals surface area contributed by atoms with Crippen LogP contribution in [0.1, 0.15) is 16.4 Å². The third-order valence-electron chi connectivity index (χ3n) is 3.90. The Kier molecular flexibility index (Phi) is 4.00. The lowest BCUT2D eigenvalue weighted by Crippen LogP contribution is -2.23. The van der Waals surface area contributed by atoms with Crippen LogP contribution in [0.5, 0.6) is 0 Å². The van der Waals surface area contributed by atoms with Gasteiger partial charge in [-0.2, -0.15) is 5.10 Å². The summed E-state index contributed by atoms with van der Waals surface area (Å²) in [6.07, 6.45) is 5.68. The van der Waals surface area contributed by atoms with Gasteiger partial charge in [-0.25, -0.2) is 14.6 Å². The van der Waals surface area contributed by atoms with Gasteiger partial charge >= 0.3 is 0 Å². The van der Waals surface area contributed by atoms with E-state index in [1.54, 1.807) is 35.0 Å². The van der Waals surface area contributed by atoms with Crippen molar-refractivity contribution in [3.63, 3.8) is 0 Å². The fraction of sp³-hybridized carbons (Fsp3) is 0.176. The molecule has 3 heterocycles. The largest absolute Gasteiger partial charge is 0.323 e. The van der Waals surface area contributed by atoms with Crippen LogP contribution in [0.3, 0.4) is 0 Å². The second kappa shape index (κ2) is 6.45. The molecule has 1 aliphatic heterocycles. The highest BCUT2D eigenvalue weighted by Crippen LogP contribution is 2.37. The number of hydrogen-bond acceptors (Lipinski definition) is 5. The van der Waals surface area contributed by atoms with Crippen molar-refractivity contribution >= 4 is 23.4 Å². The fourth-order valence-electron chi connectivity index (χ4n) is 2.74. The van der Waals surface area contributed by atoms with Gasteiger partial charge in [0.15, 0.2) is 5.82 Å². The number of benzene rings is 1. The molecule has 0 fully saturated rings. The van der Waals surface area contributed by atoms with Crippen LogP contribution < -0.4 is 5.32 Å². The van der Waals surface area contributed by atoms with E-state index >= 15 is 0 Å². The molecule has 6 nitrogen and oxygen atoms in total. The highest BCUT2D eigenvalue weighted by molar-refractivity contribution is 8.00. The van der Waals surface area contributed by atoms with Crippen LogP contribution in [0.2, 0.25) is 0 Å². The van der Waals surface area contributed by atoms with Crippen LogP contribution in [0, 0.1) is 0 Å². The summed E-state index contributed by atoms with van der Waals surface area (Å²) < 4.78 is 1.57. The van der Waals surface area contributed by atoms with Crippen molar-refractivity contribution in [1.29, 1.82) is 0 Å². The summed E-state index contributed by atoms with van der Waals surface area (Å²) in [7, 11) is 0. The number of pyridine rings is 1. The van der Waals surface area contributed by atoms with E-state index in [-0.39, 0.29) is 11.2 Å². The number of amides is 1.